The summed E-state index contributed by atoms with van der Waals surface area (Å²) in [5, 5.41) is 6.02. The van der Waals surface area contributed by atoms with Gasteiger partial charge in [-0.25, -0.2) is 9.48 Å². The molecular formula is C13H12ClF3N4O2. The summed E-state index contributed by atoms with van der Waals surface area (Å²) < 4.78 is 38.8. The van der Waals surface area contributed by atoms with Crippen molar-refractivity contribution in [2.45, 2.75) is 19.6 Å². The second-order valence-electron chi connectivity index (χ2n) is 4.83. The van der Waals surface area contributed by atoms with Gasteiger partial charge in [0.25, 0.3) is 0 Å². The molecule has 1 aromatic carbocycles. The molecule has 0 radical (unpaired) electrons. The average Bonchev–Trinajstić information content (AvgIpc) is 2.71. The lowest BCUT2D eigenvalue weighted by molar-refractivity contribution is -0.147. The lowest BCUT2D eigenvalue weighted by Gasteiger charge is -2.06. The fourth-order valence-corrected chi connectivity index (χ4v) is 2.03. The van der Waals surface area contributed by atoms with Gasteiger partial charge in [-0.15, -0.1) is 5.10 Å². The average molecular weight is 349 g/mol. The molecule has 6 nitrogen and oxygen atoms in total. The van der Waals surface area contributed by atoms with Crippen molar-refractivity contribution in [3.63, 3.8) is 0 Å². The van der Waals surface area contributed by atoms with Gasteiger partial charge < -0.3 is 5.32 Å². The molecule has 0 spiro atoms. The van der Waals surface area contributed by atoms with Crippen LogP contribution in [0.4, 0.5) is 18.9 Å². The molecule has 0 aliphatic rings. The second-order valence-corrected chi connectivity index (χ2v) is 5.24. The van der Waals surface area contributed by atoms with Gasteiger partial charge >= 0.3 is 11.9 Å². The predicted octanol–water partition coefficient (Wildman–Crippen LogP) is 2.20. The maximum absolute atomic E-state index is 12.7. The number of aromatic nitrogens is 3. The van der Waals surface area contributed by atoms with E-state index in [1.165, 1.54) is 6.07 Å². The van der Waals surface area contributed by atoms with E-state index >= 15 is 0 Å². The van der Waals surface area contributed by atoms with E-state index in [0.717, 1.165) is 12.6 Å². The molecule has 0 unspecified atom stereocenters. The van der Waals surface area contributed by atoms with Gasteiger partial charge in [-0.05, 0) is 24.6 Å². The lowest BCUT2D eigenvalue weighted by atomic mass is 10.2. The van der Waals surface area contributed by atoms with Crippen LogP contribution in [-0.4, -0.2) is 20.3 Å². The molecule has 0 saturated heterocycles. The fourth-order valence-electron chi connectivity index (χ4n) is 1.84. The topological polar surface area (TPSA) is 68.9 Å². The van der Waals surface area contributed by atoms with Crippen LogP contribution in [0.5, 0.6) is 0 Å². The highest BCUT2D eigenvalue weighted by Crippen LogP contribution is 2.26. The molecule has 2 rings (SSSR count). The Morgan fingerprint density at radius 1 is 1.39 bits per heavy atom. The van der Waals surface area contributed by atoms with Crippen LogP contribution in [0.1, 0.15) is 11.4 Å². The van der Waals surface area contributed by atoms with E-state index in [-0.39, 0.29) is 0 Å². The number of benzene rings is 1. The molecule has 1 aromatic heterocycles. The minimum atomic E-state index is -4.78. The number of amides is 1. The number of hydrogen-bond donors (Lipinski definition) is 1. The summed E-state index contributed by atoms with van der Waals surface area (Å²) in [6.07, 6.45) is -4.78. The number of halogens is 4. The lowest BCUT2D eigenvalue weighted by Crippen LogP contribution is -2.29. The normalized spacial score (nSPS) is 11.6. The van der Waals surface area contributed by atoms with Crippen molar-refractivity contribution in [2.75, 3.05) is 5.32 Å². The second kappa shape index (κ2) is 6.07. The van der Waals surface area contributed by atoms with Crippen LogP contribution < -0.4 is 11.0 Å². The Labute approximate surface area is 133 Å². The molecule has 10 heteroatoms. The van der Waals surface area contributed by atoms with Crippen molar-refractivity contribution >= 4 is 23.2 Å². The fraction of sp³-hybridized carbons (Fsp3) is 0.308. The Kier molecular flexibility index (Phi) is 4.51. The van der Waals surface area contributed by atoms with Crippen LogP contribution in [0.3, 0.4) is 0 Å². The highest BCUT2D eigenvalue weighted by atomic mass is 35.5. The first kappa shape index (κ1) is 17.1. The van der Waals surface area contributed by atoms with E-state index in [1.54, 1.807) is 19.1 Å². The van der Waals surface area contributed by atoms with Crippen LogP contribution in [0.25, 0.3) is 0 Å². The summed E-state index contributed by atoms with van der Waals surface area (Å²) in [6.45, 7) is 1.13. The van der Waals surface area contributed by atoms with Gasteiger partial charge in [-0.2, -0.15) is 13.2 Å². The highest BCUT2D eigenvalue weighted by Gasteiger charge is 2.38. The minimum absolute atomic E-state index is 0.343. The minimum Gasteiger partial charge on any atom is -0.324 e. The van der Waals surface area contributed by atoms with Crippen molar-refractivity contribution in [3.8, 4) is 0 Å². The number of anilines is 1. The molecule has 0 atom stereocenters. The standard InChI is InChI=1S/C13H12ClF3N4O2/c1-7-3-4-8(5-9(7)14)18-10(22)6-21-12(23)20(2)11(19-21)13(15,16)17/h3-5H,6H2,1-2H3,(H,18,22). The highest BCUT2D eigenvalue weighted by molar-refractivity contribution is 6.31. The Morgan fingerprint density at radius 3 is 2.57 bits per heavy atom. The smallest absolute Gasteiger partial charge is 0.324 e. The summed E-state index contributed by atoms with van der Waals surface area (Å²) in [6, 6.07) is 4.76. The van der Waals surface area contributed by atoms with E-state index in [1.807, 2.05) is 0 Å². The SMILES string of the molecule is Cc1ccc(NC(=O)Cn2nc(C(F)(F)F)n(C)c2=O)cc1Cl. The molecule has 0 saturated carbocycles. The zero-order valence-electron chi connectivity index (χ0n) is 12.1. The number of hydrogen-bond acceptors (Lipinski definition) is 3. The van der Waals surface area contributed by atoms with Gasteiger partial charge in [0.15, 0.2) is 0 Å². The largest absolute Gasteiger partial charge is 0.451 e. The third-order valence-corrected chi connectivity index (χ3v) is 3.45. The zero-order valence-corrected chi connectivity index (χ0v) is 12.9. The van der Waals surface area contributed by atoms with Crippen molar-refractivity contribution in [1.82, 2.24) is 14.3 Å². The van der Waals surface area contributed by atoms with Crippen LogP contribution >= 0.6 is 11.6 Å². The molecular weight excluding hydrogens is 337 g/mol. The summed E-state index contributed by atoms with van der Waals surface area (Å²) in [7, 11) is 0.937. The molecule has 0 bridgehead atoms. The molecule has 2 aromatic rings. The predicted molar refractivity (Wildman–Crippen MR) is 77.3 cm³/mol. The van der Waals surface area contributed by atoms with Gasteiger partial charge in [0.2, 0.25) is 11.7 Å². The van der Waals surface area contributed by atoms with Crippen LogP contribution in [0.2, 0.25) is 5.02 Å². The van der Waals surface area contributed by atoms with E-state index in [9.17, 15) is 22.8 Å². The monoisotopic (exact) mass is 348 g/mol. The Bertz CT molecular complexity index is 811. The maximum atomic E-state index is 12.7. The molecule has 0 aliphatic heterocycles. The number of carbonyl (C=O) groups excluding carboxylic acids is 1. The van der Waals surface area contributed by atoms with Gasteiger partial charge in [0.1, 0.15) is 6.54 Å². The van der Waals surface area contributed by atoms with Crippen molar-refractivity contribution < 1.29 is 18.0 Å². The number of alkyl halides is 3. The number of nitrogens with one attached hydrogen (secondary N) is 1. The van der Waals surface area contributed by atoms with E-state index in [2.05, 4.69) is 10.4 Å². The molecule has 0 aliphatic carbocycles. The van der Waals surface area contributed by atoms with E-state index < -0.39 is 30.1 Å². The zero-order chi connectivity index (χ0) is 17.4. The molecule has 124 valence electrons. The third-order valence-electron chi connectivity index (χ3n) is 3.04. The maximum Gasteiger partial charge on any atom is 0.451 e. The Balaban J connectivity index is 2.18. The van der Waals surface area contributed by atoms with Gasteiger partial charge in [0, 0.05) is 17.8 Å². The summed E-state index contributed by atoms with van der Waals surface area (Å²) in [5.41, 5.74) is 0.139. The Hall–Kier alpha value is -2.29. The first-order valence-electron chi connectivity index (χ1n) is 6.36. The first-order chi connectivity index (χ1) is 10.6. The van der Waals surface area contributed by atoms with Gasteiger partial charge in [0.05, 0.1) is 0 Å². The number of aryl methyl sites for hydroxylation is 1. The van der Waals surface area contributed by atoms with Gasteiger partial charge in [-0.3, -0.25) is 9.36 Å². The summed E-state index contributed by atoms with van der Waals surface area (Å²) in [5.74, 6) is -2.06. The molecule has 1 heterocycles. The molecule has 1 N–H and O–H groups in total. The summed E-state index contributed by atoms with van der Waals surface area (Å²) >= 11 is 5.91. The number of nitrogens with zero attached hydrogens (tertiary/aromatic N) is 3. The third kappa shape index (κ3) is 3.73. The molecule has 1 amide bonds. The van der Waals surface area contributed by atoms with Crippen LogP contribution in [0, 0.1) is 6.92 Å². The first-order valence-corrected chi connectivity index (χ1v) is 6.74. The number of carbonyl (C=O) groups is 1. The van der Waals surface area contributed by atoms with E-state index in [4.69, 9.17) is 11.6 Å². The van der Waals surface area contributed by atoms with Crippen LogP contribution in [0.15, 0.2) is 23.0 Å². The summed E-state index contributed by atoms with van der Waals surface area (Å²) in [4.78, 5) is 23.5. The van der Waals surface area contributed by atoms with Crippen LogP contribution in [-0.2, 0) is 24.6 Å². The molecule has 0 fully saturated rings. The van der Waals surface area contributed by atoms with Crippen molar-refractivity contribution in [3.05, 3.63) is 45.1 Å². The Morgan fingerprint density at radius 2 is 2.04 bits per heavy atom. The van der Waals surface area contributed by atoms with Gasteiger partial charge in [-0.1, -0.05) is 17.7 Å². The van der Waals surface area contributed by atoms with Crippen molar-refractivity contribution in [2.24, 2.45) is 7.05 Å². The van der Waals surface area contributed by atoms with Crippen molar-refractivity contribution in [1.29, 1.82) is 0 Å². The van der Waals surface area contributed by atoms with E-state index in [0.29, 0.717) is 20.0 Å². The molecule has 23 heavy (non-hydrogen) atoms. The number of rotatable bonds is 3. The quantitative estimate of drug-likeness (QED) is 0.924.